The van der Waals surface area contributed by atoms with E-state index in [1.807, 2.05) is 19.1 Å². The van der Waals surface area contributed by atoms with Gasteiger partial charge in [-0.05, 0) is 30.2 Å². The zero-order valence-corrected chi connectivity index (χ0v) is 11.5. The molecular weight excluding hydrogens is 251 g/mol. The molecule has 1 heterocycles. The summed E-state index contributed by atoms with van der Waals surface area (Å²) in [5.74, 6) is -0.174. The van der Waals surface area contributed by atoms with E-state index in [-0.39, 0.29) is 24.3 Å². The lowest BCUT2D eigenvalue weighted by Crippen LogP contribution is -2.44. The predicted molar refractivity (Wildman–Crippen MR) is 75.8 cm³/mol. The van der Waals surface area contributed by atoms with Gasteiger partial charge < -0.3 is 5.32 Å². The van der Waals surface area contributed by atoms with Crippen LogP contribution < -0.4 is 5.32 Å². The molecule has 2 nitrogen and oxygen atoms in total. The number of benzene rings is 1. The Morgan fingerprint density at radius 3 is 2.67 bits per heavy atom. The molecule has 1 saturated heterocycles. The average molecular weight is 271 g/mol. The fraction of sp³-hybridized carbons (Fsp3) is 0.429. The molecule has 0 aliphatic carbocycles. The second-order valence-corrected chi connectivity index (χ2v) is 4.47. The van der Waals surface area contributed by atoms with E-state index in [2.05, 4.69) is 16.8 Å². The summed E-state index contributed by atoms with van der Waals surface area (Å²) in [6.07, 6.45) is 1.91. The second-order valence-electron chi connectivity index (χ2n) is 4.47. The van der Waals surface area contributed by atoms with Gasteiger partial charge in [0.25, 0.3) is 0 Å². The highest BCUT2D eigenvalue weighted by Crippen LogP contribution is 2.25. The van der Waals surface area contributed by atoms with Crippen molar-refractivity contribution in [2.45, 2.75) is 13.0 Å². The van der Waals surface area contributed by atoms with Crippen LogP contribution >= 0.6 is 12.4 Å². The van der Waals surface area contributed by atoms with E-state index in [4.69, 9.17) is 0 Å². The van der Waals surface area contributed by atoms with Crippen molar-refractivity contribution in [3.63, 3.8) is 0 Å². The minimum Gasteiger partial charge on any atom is -0.314 e. The van der Waals surface area contributed by atoms with E-state index in [0.717, 1.165) is 37.3 Å². The summed E-state index contributed by atoms with van der Waals surface area (Å²) in [7, 11) is 0. The predicted octanol–water partition coefficient (Wildman–Crippen LogP) is 2.69. The van der Waals surface area contributed by atoms with E-state index >= 15 is 0 Å². The lowest BCUT2D eigenvalue weighted by atomic mass is 9.99. The van der Waals surface area contributed by atoms with Crippen LogP contribution in [0.3, 0.4) is 0 Å². The third kappa shape index (κ3) is 3.31. The van der Waals surface area contributed by atoms with Crippen molar-refractivity contribution >= 4 is 12.4 Å². The van der Waals surface area contributed by atoms with E-state index in [9.17, 15) is 4.39 Å². The third-order valence-corrected chi connectivity index (χ3v) is 3.33. The first-order valence-electron chi connectivity index (χ1n) is 6.06. The molecule has 1 fully saturated rings. The standard InChI is InChI=1S/C14H19FN2.ClH/c1-3-14(17-8-6-16-7-9-17)13-10-12(15)5-4-11(13)2;/h3-5,10,14,16H,1,6-9H2,2H3;1H/t14-;/m1./s1. The number of hydrogen-bond donors (Lipinski definition) is 1. The van der Waals surface area contributed by atoms with Crippen LogP contribution in [0.4, 0.5) is 4.39 Å². The summed E-state index contributed by atoms with van der Waals surface area (Å²) in [5, 5.41) is 3.32. The van der Waals surface area contributed by atoms with Crippen LogP contribution in [0, 0.1) is 12.7 Å². The zero-order chi connectivity index (χ0) is 12.3. The van der Waals surface area contributed by atoms with Crippen molar-refractivity contribution in [1.29, 1.82) is 0 Å². The monoisotopic (exact) mass is 270 g/mol. The van der Waals surface area contributed by atoms with Crippen LogP contribution in [-0.4, -0.2) is 31.1 Å². The number of halogens is 2. The summed E-state index contributed by atoms with van der Waals surface area (Å²) in [6, 6.07) is 5.09. The first-order valence-corrected chi connectivity index (χ1v) is 6.06. The Bertz CT molecular complexity index is 403. The summed E-state index contributed by atoms with van der Waals surface area (Å²) < 4.78 is 13.3. The molecular formula is C14H20ClFN2. The number of nitrogens with zero attached hydrogens (tertiary/aromatic N) is 1. The van der Waals surface area contributed by atoms with Gasteiger partial charge in [0.15, 0.2) is 0 Å². The van der Waals surface area contributed by atoms with E-state index < -0.39 is 0 Å². The number of aryl methyl sites for hydroxylation is 1. The molecule has 1 aromatic rings. The number of piperazine rings is 1. The highest BCUT2D eigenvalue weighted by atomic mass is 35.5. The Labute approximate surface area is 114 Å². The van der Waals surface area contributed by atoms with E-state index in [0.29, 0.717) is 0 Å². The van der Waals surface area contributed by atoms with Crippen molar-refractivity contribution in [1.82, 2.24) is 10.2 Å². The van der Waals surface area contributed by atoms with E-state index in [1.165, 1.54) is 6.07 Å². The van der Waals surface area contributed by atoms with Crippen LogP contribution in [0.15, 0.2) is 30.9 Å². The highest BCUT2D eigenvalue weighted by Gasteiger charge is 2.20. The molecule has 0 spiro atoms. The second kappa shape index (κ2) is 6.88. The fourth-order valence-electron chi connectivity index (χ4n) is 2.36. The Hall–Kier alpha value is -0.900. The van der Waals surface area contributed by atoms with Gasteiger partial charge in [0, 0.05) is 26.2 Å². The van der Waals surface area contributed by atoms with Crippen molar-refractivity contribution in [2.24, 2.45) is 0 Å². The molecule has 1 aromatic carbocycles. The highest BCUT2D eigenvalue weighted by molar-refractivity contribution is 5.85. The Morgan fingerprint density at radius 1 is 1.39 bits per heavy atom. The summed E-state index contributed by atoms with van der Waals surface area (Å²) in [4.78, 5) is 2.34. The van der Waals surface area contributed by atoms with Crippen molar-refractivity contribution in [3.8, 4) is 0 Å². The lowest BCUT2D eigenvalue weighted by Gasteiger charge is -2.34. The Morgan fingerprint density at radius 2 is 2.06 bits per heavy atom. The minimum atomic E-state index is -0.174. The van der Waals surface area contributed by atoms with Crippen LogP contribution in [0.5, 0.6) is 0 Å². The average Bonchev–Trinajstić information content (AvgIpc) is 2.36. The molecule has 18 heavy (non-hydrogen) atoms. The number of nitrogens with one attached hydrogen (secondary N) is 1. The molecule has 0 amide bonds. The van der Waals surface area contributed by atoms with Gasteiger partial charge in [-0.1, -0.05) is 12.1 Å². The summed E-state index contributed by atoms with van der Waals surface area (Å²) >= 11 is 0. The maximum Gasteiger partial charge on any atom is 0.123 e. The summed E-state index contributed by atoms with van der Waals surface area (Å²) in [5.41, 5.74) is 2.15. The molecule has 100 valence electrons. The smallest absolute Gasteiger partial charge is 0.123 e. The SMILES string of the molecule is C=C[C@H](c1cc(F)ccc1C)N1CCNCC1.Cl. The largest absolute Gasteiger partial charge is 0.314 e. The van der Waals surface area contributed by atoms with Gasteiger partial charge in [0.05, 0.1) is 6.04 Å². The maximum atomic E-state index is 13.3. The van der Waals surface area contributed by atoms with Gasteiger partial charge in [0.1, 0.15) is 5.82 Å². The van der Waals surface area contributed by atoms with Gasteiger partial charge >= 0.3 is 0 Å². The van der Waals surface area contributed by atoms with Crippen molar-refractivity contribution in [3.05, 3.63) is 47.8 Å². The van der Waals surface area contributed by atoms with Crippen LogP contribution in [-0.2, 0) is 0 Å². The molecule has 0 aromatic heterocycles. The normalized spacial score (nSPS) is 17.9. The van der Waals surface area contributed by atoms with Crippen LogP contribution in [0.1, 0.15) is 17.2 Å². The number of rotatable bonds is 3. The molecule has 1 atom stereocenters. The molecule has 0 bridgehead atoms. The van der Waals surface area contributed by atoms with Gasteiger partial charge in [-0.2, -0.15) is 0 Å². The quantitative estimate of drug-likeness (QED) is 0.850. The first kappa shape index (κ1) is 15.2. The van der Waals surface area contributed by atoms with Gasteiger partial charge in [-0.3, -0.25) is 4.90 Å². The van der Waals surface area contributed by atoms with Crippen molar-refractivity contribution < 1.29 is 4.39 Å². The molecule has 0 unspecified atom stereocenters. The third-order valence-electron chi connectivity index (χ3n) is 3.33. The number of hydrogen-bond acceptors (Lipinski definition) is 2. The fourth-order valence-corrected chi connectivity index (χ4v) is 2.36. The van der Waals surface area contributed by atoms with Gasteiger partial charge in [-0.15, -0.1) is 19.0 Å². The van der Waals surface area contributed by atoms with E-state index in [1.54, 1.807) is 6.07 Å². The lowest BCUT2D eigenvalue weighted by molar-refractivity contribution is 0.203. The molecule has 1 aliphatic heterocycles. The van der Waals surface area contributed by atoms with Crippen LogP contribution in [0.25, 0.3) is 0 Å². The Balaban J connectivity index is 0.00000162. The maximum absolute atomic E-state index is 13.3. The molecule has 4 heteroatoms. The first-order chi connectivity index (χ1) is 8.22. The minimum absolute atomic E-state index is 0. The van der Waals surface area contributed by atoms with Crippen LogP contribution in [0.2, 0.25) is 0 Å². The topological polar surface area (TPSA) is 15.3 Å². The van der Waals surface area contributed by atoms with Crippen molar-refractivity contribution in [2.75, 3.05) is 26.2 Å². The molecule has 1 aliphatic rings. The Kier molecular flexibility index (Phi) is 5.79. The molecule has 2 rings (SSSR count). The van der Waals surface area contributed by atoms with Gasteiger partial charge in [0.2, 0.25) is 0 Å². The molecule has 1 N–H and O–H groups in total. The zero-order valence-electron chi connectivity index (χ0n) is 10.7. The molecule has 0 radical (unpaired) electrons. The summed E-state index contributed by atoms with van der Waals surface area (Å²) in [6.45, 7) is 9.85. The molecule has 0 saturated carbocycles. The van der Waals surface area contributed by atoms with Gasteiger partial charge in [-0.25, -0.2) is 4.39 Å².